The van der Waals surface area contributed by atoms with Crippen LogP contribution in [0.25, 0.3) is 0 Å². The van der Waals surface area contributed by atoms with E-state index in [4.69, 9.17) is 66.1 Å². The molecule has 0 saturated carbocycles. The molecule has 9 aliphatic heterocycles. The van der Waals surface area contributed by atoms with Crippen molar-refractivity contribution in [3.05, 3.63) is 288 Å². The molecule has 4 fully saturated rings. The van der Waals surface area contributed by atoms with Gasteiger partial charge in [0.1, 0.15) is 56.9 Å². The molecule has 10 aromatic rings. The summed E-state index contributed by atoms with van der Waals surface area (Å²) in [6.45, 7) is 13.9. The first-order chi connectivity index (χ1) is 68.0. The molecule has 0 bridgehead atoms. The SMILES string of the molecule is CN1Cc2ccccc2N(C(=O)c2ccc(N3CCCC3)cc2Cl)CC1=O.COCCN1Cc2ccccc2N(C(=O)c2ccc(N3CCCC3)cc2Cl)CC1=O.C[C@H]1C(=O)N(C)Cc2ccccc2N1C(=O)c1ccc(N2CCCC2)cc1Cl.Cc1nc(N2CCCC2)ccc1C(=O)N1CC(=O)N(C)Cc2ccccc21.O=C(O)CN1Cc2ccccc2N(C(=O)c2ccc(OCCO)cc2Cl)CC1=O. The van der Waals surface area contributed by atoms with Gasteiger partial charge in [-0.05, 0) is 208 Å². The number of likely N-dealkylation sites (N-methyl/N-ethyl adjacent to an activating group) is 3. The quantitative estimate of drug-likeness (QED) is 0.0855. The van der Waals surface area contributed by atoms with Crippen LogP contribution < -0.4 is 48.8 Å². The van der Waals surface area contributed by atoms with Crippen LogP contribution in [0.15, 0.2) is 206 Å². The number of hydrogen-bond donors (Lipinski definition) is 2. The minimum absolute atomic E-state index is 0.0105. The predicted octanol–water partition coefficient (Wildman–Crippen LogP) is 15.5. The molecule has 0 unspecified atom stereocenters. The number of aliphatic hydroxyl groups is 1. The first-order valence-corrected chi connectivity index (χ1v) is 48.9. The number of nitrogens with zero attached hydrogens (tertiary/aromatic N) is 15. The number of carboxylic acid groups (broad SMARTS) is 1. The second-order valence-electron chi connectivity index (χ2n) is 36.0. The lowest BCUT2D eigenvalue weighted by atomic mass is 10.1. The normalized spacial score (nSPS) is 16.8. The highest BCUT2D eigenvalue weighted by molar-refractivity contribution is 6.37. The van der Waals surface area contributed by atoms with Crippen LogP contribution in [0.4, 0.5) is 51.3 Å². The number of anilines is 9. The number of amides is 10. The van der Waals surface area contributed by atoms with Crippen LogP contribution in [-0.2, 0) is 66.2 Å². The zero-order valence-electron chi connectivity index (χ0n) is 79.8. The van der Waals surface area contributed by atoms with Crippen molar-refractivity contribution >= 4 is 163 Å². The number of carbonyl (C=O) groups is 11. The van der Waals surface area contributed by atoms with E-state index in [1.54, 1.807) is 118 Å². The third kappa shape index (κ3) is 23.8. The number of aliphatic hydroxyl groups excluding tert-OH is 1. The molecular weight excluding hydrogens is 1880 g/mol. The van der Waals surface area contributed by atoms with E-state index in [1.807, 2.05) is 153 Å². The highest BCUT2D eigenvalue weighted by atomic mass is 35.5. The number of aromatic nitrogens is 1. The largest absolute Gasteiger partial charge is 0.491 e. The molecule has 1 atom stereocenters. The maximum absolute atomic E-state index is 13.5. The number of aryl methyl sites for hydroxylation is 1. The van der Waals surface area contributed by atoms with E-state index >= 15 is 0 Å². The Morgan fingerprint density at radius 1 is 0.376 bits per heavy atom. The summed E-state index contributed by atoms with van der Waals surface area (Å²) in [5.74, 6) is -2.06. The minimum atomic E-state index is -1.13. The molecule has 19 rings (SSSR count). The fourth-order valence-electron chi connectivity index (χ4n) is 18.9. The van der Waals surface area contributed by atoms with Crippen LogP contribution in [0.3, 0.4) is 0 Å². The summed E-state index contributed by atoms with van der Waals surface area (Å²) in [6, 6.07) is 62.0. The molecule has 736 valence electrons. The molecule has 4 saturated heterocycles. The number of para-hydroxylation sites is 5. The minimum Gasteiger partial charge on any atom is -0.491 e. The van der Waals surface area contributed by atoms with Crippen LogP contribution in [0.2, 0.25) is 20.1 Å². The number of hydrogen-bond acceptors (Lipinski definition) is 19. The second-order valence-corrected chi connectivity index (χ2v) is 37.6. The van der Waals surface area contributed by atoms with Crippen LogP contribution in [-0.4, -0.2) is 250 Å². The van der Waals surface area contributed by atoms with Crippen LogP contribution in [0.5, 0.6) is 5.75 Å². The number of halogens is 4. The van der Waals surface area contributed by atoms with E-state index < -0.39 is 30.4 Å². The molecule has 9 aromatic carbocycles. The van der Waals surface area contributed by atoms with Crippen LogP contribution in [0.1, 0.15) is 144 Å². The Bertz CT molecular complexity index is 6200. The Morgan fingerprint density at radius 2 is 0.709 bits per heavy atom. The number of carboxylic acids is 1. The van der Waals surface area contributed by atoms with Gasteiger partial charge in [0.25, 0.3) is 29.5 Å². The smallest absolute Gasteiger partial charge is 0.323 e. The number of methoxy groups -OCH3 is 1. The predicted molar refractivity (Wildman–Crippen MR) is 548 cm³/mol. The van der Waals surface area contributed by atoms with Gasteiger partial charge in [0.15, 0.2) is 0 Å². The molecule has 10 heterocycles. The average Bonchev–Trinajstić information content (AvgIpc) is 1.73. The van der Waals surface area contributed by atoms with E-state index in [0.717, 1.165) is 120 Å². The number of pyridine rings is 1. The van der Waals surface area contributed by atoms with Crippen molar-refractivity contribution in [2.45, 2.75) is 104 Å². The molecule has 0 radical (unpaired) electrons. The van der Waals surface area contributed by atoms with E-state index in [1.165, 1.54) is 78.2 Å². The van der Waals surface area contributed by atoms with E-state index in [-0.39, 0.29) is 104 Å². The number of rotatable bonds is 17. The van der Waals surface area contributed by atoms with E-state index in [2.05, 4.69) is 24.6 Å². The first-order valence-electron chi connectivity index (χ1n) is 47.4. The van der Waals surface area contributed by atoms with Gasteiger partial charge in [-0.3, -0.25) is 77.2 Å². The number of ether oxygens (including phenoxy) is 2. The van der Waals surface area contributed by atoms with E-state index in [0.29, 0.717) is 99.3 Å². The van der Waals surface area contributed by atoms with Gasteiger partial charge in [0, 0.05) is 165 Å². The van der Waals surface area contributed by atoms with Crippen molar-refractivity contribution in [1.29, 1.82) is 0 Å². The number of fused-ring (bicyclic) bond motifs is 5. The van der Waals surface area contributed by atoms with Gasteiger partial charge >= 0.3 is 5.97 Å². The Kier molecular flexibility index (Phi) is 33.7. The molecule has 34 heteroatoms. The highest BCUT2D eigenvalue weighted by Crippen LogP contribution is 2.40. The molecule has 1 aromatic heterocycles. The van der Waals surface area contributed by atoms with Crippen molar-refractivity contribution < 1.29 is 72.4 Å². The third-order valence-electron chi connectivity index (χ3n) is 26.5. The number of carbonyl (C=O) groups excluding carboxylic acids is 10. The fourth-order valence-corrected chi connectivity index (χ4v) is 19.9. The molecule has 2 N–H and O–H groups in total. The fraction of sp³-hybridized carbons (Fsp3) is 0.346. The summed E-state index contributed by atoms with van der Waals surface area (Å²) in [5.41, 5.74) is 13.8. The van der Waals surface area contributed by atoms with Gasteiger partial charge in [0.2, 0.25) is 29.5 Å². The van der Waals surface area contributed by atoms with Crippen molar-refractivity contribution in [1.82, 2.24) is 29.5 Å². The summed E-state index contributed by atoms with van der Waals surface area (Å²) < 4.78 is 10.4. The Balaban J connectivity index is 0.000000133. The third-order valence-corrected chi connectivity index (χ3v) is 27.7. The molecule has 0 spiro atoms. The molecule has 0 aliphatic carbocycles. The zero-order valence-corrected chi connectivity index (χ0v) is 82.9. The van der Waals surface area contributed by atoms with Gasteiger partial charge in [-0.1, -0.05) is 137 Å². The van der Waals surface area contributed by atoms with Crippen LogP contribution >= 0.6 is 46.4 Å². The monoisotopic (exact) mass is 1990 g/mol. The number of aliphatic carboxylic acids is 1. The summed E-state index contributed by atoms with van der Waals surface area (Å²) in [4.78, 5) is 170. The van der Waals surface area contributed by atoms with Crippen molar-refractivity contribution in [2.24, 2.45) is 0 Å². The van der Waals surface area contributed by atoms with Crippen LogP contribution in [0, 0.1) is 6.92 Å². The Morgan fingerprint density at radius 3 is 1.10 bits per heavy atom. The lowest BCUT2D eigenvalue weighted by Gasteiger charge is -2.28. The molecule has 9 aliphatic rings. The van der Waals surface area contributed by atoms with Gasteiger partial charge in [-0.15, -0.1) is 0 Å². The van der Waals surface area contributed by atoms with Gasteiger partial charge in [0.05, 0.1) is 66.8 Å². The Hall–Kier alpha value is -13.6. The lowest BCUT2D eigenvalue weighted by Crippen LogP contribution is -2.46. The molecule has 141 heavy (non-hydrogen) atoms. The standard InChI is InChI=1S/C23H26ClN3O3.C22H24ClN3O2.C21H22ClN3O2.C21H24N4O2.C20H19ClN2O6/c1-30-13-12-26-15-17-6-2-3-7-21(17)27(16-22(26)28)23(29)19-9-8-18(14-20(19)24)25-10-4-5-11-25;1-15-21(27)24(2)14-16-7-3-4-8-20(16)26(15)22(28)18-10-9-17(13-19(18)23)25-11-5-6-12-25;1-23-13-15-6-2-3-7-19(15)25(14-20(23)26)21(27)17-9-8-16(12-18(17)22)24-10-4-5-11-24;1-15-17(9-10-19(22-15)24-11-5-6-12-24)21(27)25-14-20(26)23(2)13-16-7-3-4-8-18(16)25;21-16-9-14(29-8-7-24)5-6-15(16)20(28)23-11-18(25)22(12-19(26)27)10-13-3-1-2-4-17(13)23/h2-3,6-9,14H,4-5,10-13,15-16H2,1H3;3-4,7-10,13,15H,5-6,11-12,14H2,1-2H3;2-3,6-9,12H,4-5,10-11,13-14H2,1H3;3-4,7-10H,5-6,11-14H2,1-2H3;1-6,9,24H,7-8,10-12H2,(H,26,27)/t;15-;;;/m.0.../s1. The van der Waals surface area contributed by atoms with E-state index in [9.17, 15) is 52.7 Å². The first kappa shape index (κ1) is 102. The van der Waals surface area contributed by atoms with Gasteiger partial charge in [-0.2, -0.15) is 0 Å². The highest BCUT2D eigenvalue weighted by Gasteiger charge is 2.39. The topological polar surface area (TPSA) is 305 Å². The summed E-state index contributed by atoms with van der Waals surface area (Å²) in [5, 5.41) is 19.3. The summed E-state index contributed by atoms with van der Waals surface area (Å²) in [7, 11) is 6.90. The average molecular weight is 1990 g/mol. The zero-order chi connectivity index (χ0) is 99.8. The second kappa shape index (κ2) is 46.6. The van der Waals surface area contributed by atoms with Crippen molar-refractivity contribution in [2.75, 3.05) is 184 Å². The van der Waals surface area contributed by atoms with Gasteiger partial charge in [-0.25, -0.2) is 4.98 Å². The molecule has 10 amide bonds. The summed E-state index contributed by atoms with van der Waals surface area (Å²) >= 11 is 25.8. The molecular formula is C107H115Cl4N15O15. The Labute approximate surface area is 840 Å². The number of benzene rings is 9. The van der Waals surface area contributed by atoms with Crippen molar-refractivity contribution in [3.63, 3.8) is 0 Å². The maximum Gasteiger partial charge on any atom is 0.323 e. The summed E-state index contributed by atoms with van der Waals surface area (Å²) in [6.07, 6.45) is 9.42. The van der Waals surface area contributed by atoms with Gasteiger partial charge < -0.3 is 63.8 Å². The lowest BCUT2D eigenvalue weighted by molar-refractivity contribution is -0.144. The van der Waals surface area contributed by atoms with Crippen molar-refractivity contribution in [3.8, 4) is 5.75 Å². The maximum atomic E-state index is 13.5. The molecule has 30 nitrogen and oxygen atoms in total.